The zero-order chi connectivity index (χ0) is 71.6. The Bertz CT molecular complexity index is 3200. The van der Waals surface area contributed by atoms with Crippen LogP contribution in [0, 0.1) is 29.6 Å². The van der Waals surface area contributed by atoms with Crippen molar-refractivity contribution in [3.05, 3.63) is 76.3 Å². The number of amides is 10. The summed E-state index contributed by atoms with van der Waals surface area (Å²) >= 11 is 6.84. The molecule has 13 atom stereocenters. The number of carbonyl (C=O) groups is 10. The van der Waals surface area contributed by atoms with Gasteiger partial charge in [-0.1, -0.05) is 88.6 Å². The molecule has 27 nitrogen and oxygen atoms in total. The van der Waals surface area contributed by atoms with Gasteiger partial charge in [0.15, 0.2) is 5.72 Å². The molecule has 2 unspecified atom stereocenters. The molecule has 4 aliphatic rings. The van der Waals surface area contributed by atoms with Crippen molar-refractivity contribution in [3.8, 4) is 5.75 Å². The molecule has 3 heterocycles. The van der Waals surface area contributed by atoms with Crippen LogP contribution in [0.5, 0.6) is 5.75 Å². The summed E-state index contributed by atoms with van der Waals surface area (Å²) in [4.78, 5) is 137. The lowest BCUT2D eigenvalue weighted by Crippen LogP contribution is -2.63. The number of hydrogen-bond acceptors (Lipinski definition) is 17. The van der Waals surface area contributed by atoms with Crippen LogP contribution in [-0.2, 0) is 70.3 Å². The number of rotatable bonds is 27. The number of unbranched alkanes of at least 4 members (excludes halogenated alkanes) is 2. The van der Waals surface area contributed by atoms with Crippen LogP contribution >= 0.6 is 11.6 Å². The van der Waals surface area contributed by atoms with E-state index in [2.05, 4.69) is 45.7 Å². The van der Waals surface area contributed by atoms with E-state index in [-0.39, 0.29) is 80.5 Å². The number of fused-ring (bicyclic) bond motifs is 5. The van der Waals surface area contributed by atoms with E-state index in [0.29, 0.717) is 66.8 Å². The molecule has 0 spiro atoms. The van der Waals surface area contributed by atoms with Gasteiger partial charge in [-0.2, -0.15) is 0 Å². The van der Waals surface area contributed by atoms with E-state index in [0.717, 1.165) is 28.9 Å². The Balaban J connectivity index is 1.02. The van der Waals surface area contributed by atoms with Gasteiger partial charge in [0.1, 0.15) is 59.4 Å². The highest BCUT2D eigenvalue weighted by Gasteiger charge is 2.64. The zero-order valence-electron chi connectivity index (χ0n) is 58.2. The van der Waals surface area contributed by atoms with E-state index >= 15 is 0 Å². The molecule has 2 aromatic carbocycles. The molecule has 3 aliphatic heterocycles. The molecule has 3 fully saturated rings. The maximum absolute atomic E-state index is 14.5. The lowest BCUT2D eigenvalue weighted by Gasteiger charge is -2.42. The average molecular weight is 1380 g/mol. The molecule has 10 amide bonds. The summed E-state index contributed by atoms with van der Waals surface area (Å²) in [7, 11) is 7.22. The van der Waals surface area contributed by atoms with Crippen LogP contribution in [-0.4, -0.2) is 183 Å². The molecule has 4 bridgehead atoms. The number of carbonyl (C=O) groups excluding carboxylic acids is 10. The highest BCUT2D eigenvalue weighted by Crippen LogP contribution is 2.49. The summed E-state index contributed by atoms with van der Waals surface area (Å²) in [5.74, 6) is -2.88. The number of hydrogen-bond donors (Lipinski definition) is 8. The van der Waals surface area contributed by atoms with Crippen molar-refractivity contribution >= 4 is 82.6 Å². The fraction of sp³-hybridized carbons (Fsp3) is 0.623. The number of urea groups is 1. The Morgan fingerprint density at radius 2 is 1.59 bits per heavy atom. The number of ether oxygens (including phenoxy) is 6. The molecule has 0 radical (unpaired) electrons. The first-order chi connectivity index (χ1) is 45.8. The van der Waals surface area contributed by atoms with Gasteiger partial charge in [-0.15, -0.1) is 0 Å². The normalized spacial score (nSPS) is 25.8. The number of likely N-dealkylation sites (N-methyl/N-ethyl adjacent to an activating group) is 1. The molecule has 1 aliphatic carbocycles. The predicted molar refractivity (Wildman–Crippen MR) is 362 cm³/mol. The first kappa shape index (κ1) is 78.0. The average Bonchev–Trinajstić information content (AvgIpc) is 1.58. The topological polar surface area (TPSA) is 358 Å². The van der Waals surface area contributed by atoms with Gasteiger partial charge in [-0.25, -0.2) is 19.2 Å². The number of nitrogens with zero attached hydrogens (tertiary/aromatic N) is 3. The van der Waals surface area contributed by atoms with Gasteiger partial charge in [0.25, 0.3) is 0 Å². The van der Waals surface area contributed by atoms with Crippen LogP contribution in [0.25, 0.3) is 0 Å². The first-order valence-corrected chi connectivity index (χ1v) is 33.7. The number of alkyl carbamates (subject to hydrolysis) is 1. The minimum atomic E-state index is -1.91. The minimum Gasteiger partial charge on any atom is -0.495 e. The summed E-state index contributed by atoms with van der Waals surface area (Å²) in [5, 5.41) is 28.5. The Morgan fingerprint density at radius 1 is 0.907 bits per heavy atom. The third kappa shape index (κ3) is 21.7. The van der Waals surface area contributed by atoms with Crippen LogP contribution in [0.3, 0.4) is 0 Å². The molecule has 6 rings (SSSR count). The zero-order valence-corrected chi connectivity index (χ0v) is 59.0. The van der Waals surface area contributed by atoms with Crippen molar-refractivity contribution in [2.75, 3.05) is 65.2 Å². The summed E-state index contributed by atoms with van der Waals surface area (Å²) < 4.78 is 35.1. The number of nitrogens with one attached hydrogen (secondary N) is 6. The van der Waals surface area contributed by atoms with E-state index in [4.69, 9.17) is 45.8 Å². The van der Waals surface area contributed by atoms with E-state index in [1.807, 2.05) is 13.0 Å². The van der Waals surface area contributed by atoms with Crippen LogP contribution in [0.4, 0.5) is 25.8 Å². The van der Waals surface area contributed by atoms with E-state index in [1.165, 1.54) is 52.1 Å². The smallest absolute Gasteiger partial charge is 0.409 e. The quantitative estimate of drug-likeness (QED) is 0.0203. The molecule has 97 heavy (non-hydrogen) atoms. The van der Waals surface area contributed by atoms with Crippen LogP contribution in [0.1, 0.15) is 137 Å². The number of halogens is 1. The number of epoxide rings is 1. The fourth-order valence-corrected chi connectivity index (χ4v) is 12.7. The Kier molecular flexibility index (Phi) is 28.5. The second kappa shape index (κ2) is 35.5. The summed E-state index contributed by atoms with van der Waals surface area (Å²) in [6.07, 6.45) is 3.40. The summed E-state index contributed by atoms with van der Waals surface area (Å²) in [6, 6.07) is 5.89. The molecule has 28 heteroatoms. The van der Waals surface area contributed by atoms with Gasteiger partial charge >= 0.3 is 24.2 Å². The van der Waals surface area contributed by atoms with Crippen molar-refractivity contribution in [1.29, 1.82) is 0 Å². The SMILES string of the molecule is COc1cc2cc(c1Cl)N(C)C(=O)C[C@@H](OC(=O)[C@H](C)N(C)C(=O)CCN(C)C(=O)OCc1ccc(NC(=O)[C@H](CCCNC(N)=O)NC(=O)[C@@H](NC(=O)CCCCCNC(=O)C3CC(C)[C@@H](C)C3)C(C)C)cc1)[C@]1(C)O[C@H]1[C@H](C)[C@@H]1C[C@@](O)(NC(=O)O1)[C@H](OC)/C=C/C=C(\C)C2. The number of aliphatic hydroxyl groups is 1. The third-order valence-corrected chi connectivity index (χ3v) is 19.4. The van der Waals surface area contributed by atoms with Gasteiger partial charge in [-0.3, -0.25) is 34.1 Å². The molecule has 536 valence electrons. The molecular weight excluding hydrogens is 1280 g/mol. The maximum atomic E-state index is 14.5. The number of anilines is 2. The lowest BCUT2D eigenvalue weighted by molar-refractivity contribution is -0.162. The fourth-order valence-electron chi connectivity index (χ4n) is 12.4. The van der Waals surface area contributed by atoms with Crippen molar-refractivity contribution in [3.63, 3.8) is 0 Å². The molecular formula is C69H101ClN10O17. The highest BCUT2D eigenvalue weighted by molar-refractivity contribution is 6.35. The van der Waals surface area contributed by atoms with Crippen molar-refractivity contribution in [2.24, 2.45) is 35.3 Å². The Labute approximate surface area is 573 Å². The highest BCUT2D eigenvalue weighted by atomic mass is 35.5. The van der Waals surface area contributed by atoms with Crippen LogP contribution < -0.4 is 47.3 Å². The number of nitrogens with two attached hydrogens (primary N) is 1. The van der Waals surface area contributed by atoms with Crippen molar-refractivity contribution in [2.45, 2.75) is 193 Å². The molecule has 9 N–H and O–H groups in total. The largest absolute Gasteiger partial charge is 0.495 e. The number of methoxy groups -OCH3 is 2. The molecule has 1 saturated carbocycles. The van der Waals surface area contributed by atoms with Crippen LogP contribution in [0.15, 0.2) is 60.2 Å². The van der Waals surface area contributed by atoms with E-state index in [1.54, 1.807) is 76.2 Å². The van der Waals surface area contributed by atoms with Gasteiger partial charge in [0.2, 0.25) is 35.4 Å². The molecule has 2 saturated heterocycles. The van der Waals surface area contributed by atoms with Gasteiger partial charge in [0, 0.05) is 84.7 Å². The number of esters is 1. The van der Waals surface area contributed by atoms with E-state index < -0.39 is 114 Å². The number of benzene rings is 2. The van der Waals surface area contributed by atoms with Gasteiger partial charge in [0.05, 0.1) is 25.3 Å². The van der Waals surface area contributed by atoms with Gasteiger partial charge in [-0.05, 0) is 119 Å². The van der Waals surface area contributed by atoms with Crippen LogP contribution in [0.2, 0.25) is 5.02 Å². The third-order valence-electron chi connectivity index (χ3n) is 19.0. The lowest BCUT2D eigenvalue weighted by atomic mass is 9.83. The summed E-state index contributed by atoms with van der Waals surface area (Å²) in [5.41, 5.74) is 4.82. The summed E-state index contributed by atoms with van der Waals surface area (Å²) in [6.45, 7) is 15.0. The molecule has 2 aromatic rings. The predicted octanol–water partition coefficient (Wildman–Crippen LogP) is 6.54. The van der Waals surface area contributed by atoms with Crippen molar-refractivity contribution in [1.82, 2.24) is 36.4 Å². The van der Waals surface area contributed by atoms with Crippen molar-refractivity contribution < 1.29 is 81.5 Å². The number of allylic oxidation sites excluding steroid dienone is 3. The maximum Gasteiger partial charge on any atom is 0.409 e. The minimum absolute atomic E-state index is 0.0435. The van der Waals surface area contributed by atoms with Gasteiger partial charge < -0.3 is 80.5 Å². The Hall–Kier alpha value is -8.01. The second-order valence-electron chi connectivity index (χ2n) is 26.8. The number of primary amides is 1. The first-order valence-electron chi connectivity index (χ1n) is 33.3. The van der Waals surface area contributed by atoms with E-state index in [9.17, 15) is 53.1 Å². The Morgan fingerprint density at radius 3 is 2.24 bits per heavy atom. The standard InChI is InChI=1S/C69H101ClN10O17/c1-39(2)59(76-55(81)22-15-14-16-28-72-61(84)47-32-41(4)42(5)33-47)63(86)75-49(20-18-29-73-65(71)88)62(85)74-48-25-23-45(24-26-48)38-94-67(90)78(9)30-27-56(82)79(10)44(7)64(87)96-54-36-57(83)80(11)50-34-46(35-51(92-12)58(50)70)31-40(3)19-17-21-53(93-13)69(91)37-52(95-66(89)77-69)43(6)60-68(54,8)97-60/h17,19,21,23-26,34-35,39,41-44,47,49,52-54,59-60,91H,14-16,18,20,22,27-33,36-38H2,1-13H3,(H,72,84)(H,74,85)(H,75,86)(H,76,81)(H,77,89)(H3,71,73,88)/b21-17+,40-19+/t41-,42?,43+,44-,47?,49-,52-,53+,54+,59-,60-,68-,69-/m0/s1. The second-order valence-corrected chi connectivity index (χ2v) is 27.2. The molecule has 0 aromatic heterocycles. The monoisotopic (exact) mass is 1380 g/mol.